The molecule has 0 radical (unpaired) electrons. The maximum Gasteiger partial charge on any atom is 0.329 e. The van der Waals surface area contributed by atoms with E-state index in [-0.39, 0.29) is 23.3 Å². The second-order valence-electron chi connectivity index (χ2n) is 2.57. The Morgan fingerprint density at radius 1 is 0.680 bits per heavy atom. The normalized spacial score (nSPS) is 5.48. The second kappa shape index (κ2) is 49.7. The van der Waals surface area contributed by atoms with Crippen molar-refractivity contribution in [2.24, 2.45) is 0 Å². The summed E-state index contributed by atoms with van der Waals surface area (Å²) in [5.41, 5.74) is 0. The standard InChI is InChI=1S/C2H4O3.4C2H4O2.2H3N.2H2O/c3-1-2(4)5;4*1-2(3)4;;;;/h3H,1H2,(H,4,5);4*1H3,(H,3,4);2*1H3;2*1H2. The van der Waals surface area contributed by atoms with Crippen LogP contribution in [0.2, 0.25) is 0 Å². The number of quaternary nitrogens is 2. The summed E-state index contributed by atoms with van der Waals surface area (Å²) < 4.78 is 0. The van der Waals surface area contributed by atoms with E-state index >= 15 is 0 Å². The largest absolute Gasteiger partial charge is 0.550 e. The Hall–Kier alpha value is -2.85. The summed E-state index contributed by atoms with van der Waals surface area (Å²) in [6, 6.07) is 0. The lowest BCUT2D eigenvalue weighted by atomic mass is 10.8. The van der Waals surface area contributed by atoms with Crippen molar-refractivity contribution in [2.45, 2.75) is 27.7 Å². The summed E-state index contributed by atoms with van der Waals surface area (Å²) in [6.07, 6.45) is 0. The molecular weight excluding hydrogens is 356 g/mol. The second-order valence-corrected chi connectivity index (χ2v) is 2.57. The lowest BCUT2D eigenvalue weighted by molar-refractivity contribution is -0.303. The molecule has 0 aliphatic carbocycles. The average molecular weight is 386 g/mol. The fourth-order valence-corrected chi connectivity index (χ4v) is 0. The third-order valence-electron chi connectivity index (χ3n) is 0.135. The van der Waals surface area contributed by atoms with Crippen molar-refractivity contribution in [3.05, 3.63) is 0 Å². The number of hydrogen-bond acceptors (Lipinski definition) is 8. The number of hydrogen-bond donors (Lipinski definition) is 6. The minimum atomic E-state index is -1.19. The number of aliphatic hydroxyl groups is 1. The first-order chi connectivity index (χ1) is 9.20. The molecule has 0 aliphatic rings. The zero-order chi connectivity index (χ0) is 18.6. The molecule has 25 heavy (non-hydrogen) atoms. The summed E-state index contributed by atoms with van der Waals surface area (Å²) in [5.74, 6) is -5.02. The highest BCUT2D eigenvalue weighted by atomic mass is 16.4. The van der Waals surface area contributed by atoms with Gasteiger partial charge in [0.1, 0.15) is 6.61 Å². The van der Waals surface area contributed by atoms with Crippen LogP contribution in [0.15, 0.2) is 0 Å². The zero-order valence-corrected chi connectivity index (χ0v) is 14.9. The molecule has 0 aromatic heterocycles. The van der Waals surface area contributed by atoms with Gasteiger partial charge in [0.2, 0.25) is 0 Å². The highest BCUT2D eigenvalue weighted by Gasteiger charge is 1.82. The van der Waals surface area contributed by atoms with Crippen LogP contribution in [0.25, 0.3) is 0 Å². The van der Waals surface area contributed by atoms with Crippen molar-refractivity contribution in [3.8, 4) is 0 Å². The molecule has 0 atom stereocenters. The summed E-state index contributed by atoms with van der Waals surface area (Å²) in [7, 11) is 0. The molecule has 0 saturated heterocycles. The van der Waals surface area contributed by atoms with E-state index in [1.165, 1.54) is 0 Å². The summed E-state index contributed by atoms with van der Waals surface area (Å²) in [6.45, 7) is 3.33. The number of carbonyl (C=O) groups excluding carboxylic acids is 2. The van der Waals surface area contributed by atoms with Gasteiger partial charge in [-0.25, -0.2) is 4.79 Å². The van der Waals surface area contributed by atoms with Crippen LogP contribution >= 0.6 is 0 Å². The number of carbonyl (C=O) groups is 5. The highest BCUT2D eigenvalue weighted by Crippen LogP contribution is 1.49. The Balaban J connectivity index is -0.0000000176. The average Bonchev–Trinajstić information content (AvgIpc) is 2.13. The lowest BCUT2D eigenvalue weighted by Crippen LogP contribution is -2.16. The lowest BCUT2D eigenvalue weighted by Gasteiger charge is -1.77. The monoisotopic (exact) mass is 386 g/mol. The number of rotatable bonds is 1. The van der Waals surface area contributed by atoms with Gasteiger partial charge in [-0.15, -0.1) is 0 Å². The van der Waals surface area contributed by atoms with Gasteiger partial charge in [-0.05, 0) is 13.8 Å². The van der Waals surface area contributed by atoms with Crippen molar-refractivity contribution in [1.82, 2.24) is 12.3 Å². The fraction of sp³-hybridized carbons (Fsp3) is 0.500. The van der Waals surface area contributed by atoms with Crippen molar-refractivity contribution in [3.63, 3.8) is 0 Å². The minimum absolute atomic E-state index is 0. The minimum Gasteiger partial charge on any atom is -0.550 e. The molecule has 158 valence electrons. The van der Waals surface area contributed by atoms with Gasteiger partial charge in [-0.2, -0.15) is 0 Å². The Kier molecular flexibility index (Phi) is 114. The molecule has 0 unspecified atom stereocenters. The molecule has 15 nitrogen and oxygen atoms in total. The Morgan fingerprint density at radius 2 is 0.720 bits per heavy atom. The van der Waals surface area contributed by atoms with Crippen molar-refractivity contribution in [2.75, 3.05) is 6.61 Å². The molecule has 0 fully saturated rings. The van der Waals surface area contributed by atoms with Crippen LogP contribution in [-0.2, 0) is 24.0 Å². The highest BCUT2D eigenvalue weighted by molar-refractivity contribution is 5.67. The van der Waals surface area contributed by atoms with E-state index in [0.717, 1.165) is 27.7 Å². The smallest absolute Gasteiger partial charge is 0.329 e. The van der Waals surface area contributed by atoms with Crippen LogP contribution in [-0.4, -0.2) is 67.8 Å². The summed E-state index contributed by atoms with van der Waals surface area (Å²) >= 11 is 0. The SMILES string of the molecule is CC(=O)O.CC(=O)O.CC(=O)[O-].CC(=O)[O-].O.O.O=C(O)CO.[NH4+].[NH4+]. The van der Waals surface area contributed by atoms with Gasteiger partial charge in [0.15, 0.2) is 0 Å². The van der Waals surface area contributed by atoms with Crippen molar-refractivity contribution < 1.29 is 65.6 Å². The first kappa shape index (κ1) is 57.3. The van der Waals surface area contributed by atoms with E-state index in [4.69, 9.17) is 54.6 Å². The molecule has 15 heteroatoms. The first-order valence-electron chi connectivity index (χ1n) is 4.77. The maximum atomic E-state index is 9.12. The maximum absolute atomic E-state index is 9.12. The zero-order valence-electron chi connectivity index (χ0n) is 14.9. The molecular formula is C10H30N2O13. The molecule has 0 rings (SSSR count). The van der Waals surface area contributed by atoms with Crippen LogP contribution in [0.5, 0.6) is 0 Å². The molecule has 0 aromatic carbocycles. The fourth-order valence-electron chi connectivity index (χ4n) is 0. The summed E-state index contributed by atoms with van der Waals surface area (Å²) in [5, 5.41) is 47.6. The molecule has 0 aromatic rings. The van der Waals surface area contributed by atoms with Crippen LogP contribution in [0, 0.1) is 0 Å². The number of aliphatic hydroxyl groups excluding tert-OH is 1. The van der Waals surface area contributed by atoms with Crippen molar-refractivity contribution >= 4 is 29.8 Å². The Labute approximate surface area is 143 Å². The van der Waals surface area contributed by atoms with Gasteiger partial charge < -0.3 is 63.5 Å². The van der Waals surface area contributed by atoms with Crippen molar-refractivity contribution in [1.29, 1.82) is 0 Å². The molecule has 0 saturated carbocycles. The Bertz CT molecular complexity index is 256. The van der Waals surface area contributed by atoms with Gasteiger partial charge in [0, 0.05) is 25.8 Å². The molecule has 0 heterocycles. The quantitative estimate of drug-likeness (QED) is 0.251. The third kappa shape index (κ3) is 10700. The summed E-state index contributed by atoms with van der Waals surface area (Å²) in [4.78, 5) is 44.9. The van der Waals surface area contributed by atoms with Crippen LogP contribution in [0.4, 0.5) is 0 Å². The van der Waals surface area contributed by atoms with Crippen LogP contribution in [0.1, 0.15) is 27.7 Å². The van der Waals surface area contributed by atoms with E-state index in [1.807, 2.05) is 0 Å². The van der Waals surface area contributed by atoms with Gasteiger partial charge >= 0.3 is 5.97 Å². The first-order valence-corrected chi connectivity index (χ1v) is 4.77. The van der Waals surface area contributed by atoms with Gasteiger partial charge in [-0.3, -0.25) is 9.59 Å². The van der Waals surface area contributed by atoms with E-state index in [1.54, 1.807) is 0 Å². The third-order valence-corrected chi connectivity index (χ3v) is 0.135. The van der Waals surface area contributed by atoms with Gasteiger partial charge in [0.25, 0.3) is 11.9 Å². The van der Waals surface area contributed by atoms with E-state index in [2.05, 4.69) is 0 Å². The number of aliphatic carboxylic acids is 5. The Morgan fingerprint density at radius 3 is 0.720 bits per heavy atom. The predicted octanol–water partition coefficient (Wildman–Crippen LogP) is -4.14. The molecule has 0 bridgehead atoms. The van der Waals surface area contributed by atoms with E-state index in [9.17, 15) is 0 Å². The topological polar surface area (TPSA) is 348 Å². The van der Waals surface area contributed by atoms with Crippen LogP contribution in [0.3, 0.4) is 0 Å². The van der Waals surface area contributed by atoms with E-state index in [0.29, 0.717) is 0 Å². The number of carboxylic acid groups (broad SMARTS) is 5. The van der Waals surface area contributed by atoms with E-state index < -0.39 is 36.5 Å². The molecule has 16 N–H and O–H groups in total. The molecule has 0 spiro atoms. The predicted molar refractivity (Wildman–Crippen MR) is 81.9 cm³/mol. The number of carboxylic acids is 5. The van der Waals surface area contributed by atoms with Gasteiger partial charge in [-0.1, -0.05) is 0 Å². The van der Waals surface area contributed by atoms with Crippen LogP contribution < -0.4 is 22.5 Å². The van der Waals surface area contributed by atoms with Gasteiger partial charge in [0.05, 0.1) is 0 Å². The molecule has 0 amide bonds. The molecule has 0 aliphatic heterocycles.